The van der Waals surface area contributed by atoms with Crippen LogP contribution in [0.1, 0.15) is 44.6 Å². The maximum absolute atomic E-state index is 14.0. The lowest BCUT2D eigenvalue weighted by molar-refractivity contribution is -0.139. The number of carbonyl (C=O) groups is 2. The molecule has 7 nitrogen and oxygen atoms in total. The molecule has 1 saturated carbocycles. The molecule has 3 aromatic carbocycles. The predicted molar refractivity (Wildman–Crippen MR) is 159 cm³/mol. The number of nitrogens with one attached hydrogen (secondary N) is 1. The smallest absolute Gasteiger partial charge is 0.264 e. The van der Waals surface area contributed by atoms with Gasteiger partial charge in [0.05, 0.1) is 15.6 Å². The minimum Gasteiger partial charge on any atom is -0.352 e. The molecule has 3 aromatic rings. The molecule has 0 spiro atoms. The van der Waals surface area contributed by atoms with Crippen molar-refractivity contribution in [2.45, 2.75) is 62.6 Å². The number of benzene rings is 3. The van der Waals surface area contributed by atoms with Gasteiger partial charge < -0.3 is 10.2 Å². The Balaban J connectivity index is 1.67. The summed E-state index contributed by atoms with van der Waals surface area (Å²) in [6, 6.07) is 20.5. The summed E-state index contributed by atoms with van der Waals surface area (Å²) in [7, 11) is -4.17. The lowest BCUT2D eigenvalue weighted by atomic mass is 9.95. The largest absolute Gasteiger partial charge is 0.352 e. The second kappa shape index (κ2) is 13.5. The zero-order valence-electron chi connectivity index (χ0n) is 22.3. The molecule has 1 atom stereocenters. The molecule has 1 aliphatic carbocycles. The van der Waals surface area contributed by atoms with Gasteiger partial charge in [-0.2, -0.15) is 0 Å². The molecule has 0 aromatic heterocycles. The molecule has 0 unspecified atom stereocenters. The van der Waals surface area contributed by atoms with Gasteiger partial charge in [-0.15, -0.1) is 0 Å². The second-order valence-electron chi connectivity index (χ2n) is 9.94. The predicted octanol–water partition coefficient (Wildman–Crippen LogP) is 6.05. The van der Waals surface area contributed by atoms with Gasteiger partial charge in [-0.05, 0) is 61.7 Å². The SMILES string of the molecule is C[C@@H](C(=O)NC1CCCCC1)N(Cc1ccc(Cl)cc1)C(=O)CN(c1ccccc1Cl)S(=O)(=O)c1ccccc1. The molecule has 10 heteroatoms. The third kappa shape index (κ3) is 7.36. The van der Waals surface area contributed by atoms with E-state index in [1.54, 1.807) is 73.7 Å². The summed E-state index contributed by atoms with van der Waals surface area (Å²) in [4.78, 5) is 28.8. The fourth-order valence-corrected chi connectivity index (χ4v) is 6.69. The van der Waals surface area contributed by atoms with Crippen molar-refractivity contribution in [1.82, 2.24) is 10.2 Å². The lowest BCUT2D eigenvalue weighted by Crippen LogP contribution is -2.53. The van der Waals surface area contributed by atoms with Crippen molar-refractivity contribution in [3.05, 3.63) is 94.5 Å². The van der Waals surface area contributed by atoms with Crippen LogP contribution in [0.2, 0.25) is 10.0 Å². The van der Waals surface area contributed by atoms with Crippen molar-refractivity contribution in [3.63, 3.8) is 0 Å². The van der Waals surface area contributed by atoms with E-state index in [4.69, 9.17) is 23.2 Å². The standard InChI is InChI=1S/C30H33Cl2N3O4S/c1-22(30(37)33-25-10-4-2-5-11-25)34(20-23-16-18-24(31)19-17-23)29(36)21-35(28-15-9-8-14-27(28)32)40(38,39)26-12-6-3-7-13-26/h3,6-9,12-19,22,25H,2,4-5,10-11,20-21H2,1H3,(H,33,37)/t22-/m0/s1. The van der Waals surface area contributed by atoms with E-state index in [0.29, 0.717) is 5.02 Å². The van der Waals surface area contributed by atoms with Crippen LogP contribution in [-0.2, 0) is 26.2 Å². The molecule has 1 fully saturated rings. The molecule has 0 bridgehead atoms. The number of hydrogen-bond acceptors (Lipinski definition) is 4. The van der Waals surface area contributed by atoms with E-state index in [1.165, 1.54) is 17.0 Å². The van der Waals surface area contributed by atoms with Gasteiger partial charge in [0.25, 0.3) is 10.0 Å². The number of rotatable bonds is 10. The first-order valence-corrected chi connectivity index (χ1v) is 15.5. The van der Waals surface area contributed by atoms with E-state index in [-0.39, 0.29) is 34.1 Å². The Hall–Kier alpha value is -3.07. The van der Waals surface area contributed by atoms with Gasteiger partial charge in [-0.25, -0.2) is 8.42 Å². The van der Waals surface area contributed by atoms with Crippen LogP contribution < -0.4 is 9.62 Å². The summed E-state index contributed by atoms with van der Waals surface area (Å²) in [5, 5.41) is 3.82. The summed E-state index contributed by atoms with van der Waals surface area (Å²) >= 11 is 12.5. The number of nitrogens with zero attached hydrogens (tertiary/aromatic N) is 2. The van der Waals surface area contributed by atoms with E-state index >= 15 is 0 Å². The van der Waals surface area contributed by atoms with Gasteiger partial charge in [0.1, 0.15) is 12.6 Å². The molecule has 0 radical (unpaired) electrons. The first-order chi connectivity index (χ1) is 19.2. The Kier molecular flexibility index (Phi) is 10.1. The fourth-order valence-electron chi connectivity index (χ4n) is 4.82. The molecular weight excluding hydrogens is 569 g/mol. The number of carbonyl (C=O) groups excluding carboxylic acids is 2. The highest BCUT2D eigenvalue weighted by atomic mass is 35.5. The lowest BCUT2D eigenvalue weighted by Gasteiger charge is -2.33. The summed E-state index contributed by atoms with van der Waals surface area (Å²) in [6.45, 7) is 1.21. The van der Waals surface area contributed by atoms with Gasteiger partial charge in [0, 0.05) is 17.6 Å². The van der Waals surface area contributed by atoms with Gasteiger partial charge >= 0.3 is 0 Å². The molecular formula is C30H33Cl2N3O4S. The van der Waals surface area contributed by atoms with Gasteiger partial charge in [0.15, 0.2) is 0 Å². The van der Waals surface area contributed by atoms with Crippen LogP contribution in [0.15, 0.2) is 83.8 Å². The van der Waals surface area contributed by atoms with Gasteiger partial charge in [0.2, 0.25) is 11.8 Å². The van der Waals surface area contributed by atoms with E-state index < -0.39 is 28.5 Å². The number of halogens is 2. The van der Waals surface area contributed by atoms with Crippen molar-refractivity contribution in [2.24, 2.45) is 0 Å². The third-order valence-corrected chi connectivity index (χ3v) is 9.46. The third-order valence-electron chi connectivity index (χ3n) is 7.12. The zero-order valence-corrected chi connectivity index (χ0v) is 24.6. The van der Waals surface area contributed by atoms with Crippen molar-refractivity contribution in [2.75, 3.05) is 10.8 Å². The Morgan fingerprint density at radius 1 is 0.900 bits per heavy atom. The number of hydrogen-bond donors (Lipinski definition) is 1. The number of anilines is 1. The maximum atomic E-state index is 14.0. The summed E-state index contributed by atoms with van der Waals surface area (Å²) in [6.07, 6.45) is 5.06. The zero-order chi connectivity index (χ0) is 28.7. The first kappa shape index (κ1) is 29.9. The number of para-hydroxylation sites is 1. The molecule has 212 valence electrons. The molecule has 0 saturated heterocycles. The van der Waals surface area contributed by atoms with Crippen molar-refractivity contribution >= 4 is 50.7 Å². The fraction of sp³-hybridized carbons (Fsp3) is 0.333. The first-order valence-electron chi connectivity index (χ1n) is 13.3. The average Bonchev–Trinajstić information content (AvgIpc) is 2.96. The maximum Gasteiger partial charge on any atom is 0.264 e. The Bertz CT molecular complexity index is 1410. The van der Waals surface area contributed by atoms with E-state index in [1.807, 2.05) is 0 Å². The summed E-state index contributed by atoms with van der Waals surface area (Å²) in [5.41, 5.74) is 0.928. The molecule has 40 heavy (non-hydrogen) atoms. The Labute approximate surface area is 246 Å². The van der Waals surface area contributed by atoms with E-state index in [2.05, 4.69) is 5.32 Å². The molecule has 2 amide bonds. The highest BCUT2D eigenvalue weighted by molar-refractivity contribution is 7.92. The normalized spacial score (nSPS) is 14.8. The molecule has 0 heterocycles. The summed E-state index contributed by atoms with van der Waals surface area (Å²) < 4.78 is 28.6. The van der Waals surface area contributed by atoms with Gasteiger partial charge in [-0.1, -0.05) is 84.9 Å². The van der Waals surface area contributed by atoms with E-state index in [9.17, 15) is 18.0 Å². The van der Waals surface area contributed by atoms with Crippen LogP contribution in [0.5, 0.6) is 0 Å². The highest BCUT2D eigenvalue weighted by Gasteiger charge is 2.33. The Morgan fingerprint density at radius 3 is 2.17 bits per heavy atom. The van der Waals surface area contributed by atoms with Crippen LogP contribution in [-0.4, -0.2) is 43.8 Å². The second-order valence-corrected chi connectivity index (χ2v) is 12.6. The quantitative estimate of drug-likeness (QED) is 0.306. The van der Waals surface area contributed by atoms with E-state index in [0.717, 1.165) is 42.0 Å². The molecule has 4 rings (SSSR count). The van der Waals surface area contributed by atoms with Crippen LogP contribution in [0.25, 0.3) is 0 Å². The minimum atomic E-state index is -4.17. The molecule has 1 aliphatic rings. The van der Waals surface area contributed by atoms with Crippen molar-refractivity contribution in [3.8, 4) is 0 Å². The number of amides is 2. The molecule has 0 aliphatic heterocycles. The van der Waals surface area contributed by atoms with Crippen molar-refractivity contribution in [1.29, 1.82) is 0 Å². The Morgan fingerprint density at radius 2 is 1.52 bits per heavy atom. The van der Waals surface area contributed by atoms with Crippen LogP contribution >= 0.6 is 23.2 Å². The molecule has 1 N–H and O–H groups in total. The van der Waals surface area contributed by atoms with Crippen LogP contribution in [0.4, 0.5) is 5.69 Å². The van der Waals surface area contributed by atoms with Crippen LogP contribution in [0.3, 0.4) is 0 Å². The monoisotopic (exact) mass is 601 g/mol. The van der Waals surface area contributed by atoms with Gasteiger partial charge in [-0.3, -0.25) is 13.9 Å². The number of sulfonamides is 1. The topological polar surface area (TPSA) is 86.8 Å². The highest BCUT2D eigenvalue weighted by Crippen LogP contribution is 2.31. The summed E-state index contributed by atoms with van der Waals surface area (Å²) in [5.74, 6) is -0.815. The van der Waals surface area contributed by atoms with Crippen molar-refractivity contribution < 1.29 is 18.0 Å². The average molecular weight is 603 g/mol. The van der Waals surface area contributed by atoms with Crippen LogP contribution in [0, 0.1) is 0 Å². The minimum absolute atomic E-state index is 0.0232.